The van der Waals surface area contributed by atoms with Crippen LogP contribution in [0.5, 0.6) is 23.0 Å². The van der Waals surface area contributed by atoms with Crippen molar-refractivity contribution < 1.29 is 53.5 Å². The summed E-state index contributed by atoms with van der Waals surface area (Å²) in [5, 5.41) is 0.723. The Morgan fingerprint density at radius 3 is 2.00 bits per heavy atom. The van der Waals surface area contributed by atoms with Crippen LogP contribution in [-0.4, -0.2) is 45.5 Å². The number of hydrogen-bond acceptors (Lipinski definition) is 7. The first-order valence-corrected chi connectivity index (χ1v) is 11.2. The number of hydrogen-bond donors (Lipinski definition) is 0. The smallest absolute Gasteiger partial charge is 1.00 e. The van der Waals surface area contributed by atoms with E-state index in [1.54, 1.807) is 37.3 Å². The Balaban J connectivity index is 0.00000512. The molecule has 7 nitrogen and oxygen atoms in total. The van der Waals surface area contributed by atoms with Crippen LogP contribution in [0.2, 0.25) is 0 Å². The van der Waals surface area contributed by atoms with Gasteiger partial charge in [-0.05, 0) is 60.5 Å². The second-order valence-electron chi connectivity index (χ2n) is 6.43. The molecule has 3 atom stereocenters. The van der Waals surface area contributed by atoms with E-state index in [-0.39, 0.29) is 34.4 Å². The van der Waals surface area contributed by atoms with Crippen molar-refractivity contribution in [1.82, 2.24) is 0 Å². The second-order valence-corrected chi connectivity index (χ2v) is 7.67. The average molecular weight is 458 g/mol. The normalized spacial score (nSPS) is 12.7. The van der Waals surface area contributed by atoms with Gasteiger partial charge in [-0.15, -0.1) is 0 Å². The monoisotopic (exact) mass is 458 g/mol. The fourth-order valence-corrected chi connectivity index (χ4v) is 3.98. The van der Waals surface area contributed by atoms with E-state index in [0.717, 1.165) is 5.30 Å². The number of methoxy groups -OCH3 is 2. The Morgan fingerprint density at radius 1 is 0.906 bits per heavy atom. The topological polar surface area (TPSA) is 72.5 Å². The minimum Gasteiger partial charge on any atom is -1.00 e. The molecule has 0 radical (unpaired) electrons. The molecule has 2 aromatic carbocycles. The molecular weight excluding hydrogens is 426 g/mol. The SMILES string of the molecule is CCOC(C)Oc1ccc(PC(=O)c2c(OC)cccc2OC)c(OC(C)OCC)c1.[H-].[Li+]. The van der Waals surface area contributed by atoms with Crippen molar-refractivity contribution in [3.05, 3.63) is 42.0 Å². The molecule has 9 heteroatoms. The van der Waals surface area contributed by atoms with Crippen LogP contribution in [-0.2, 0) is 9.47 Å². The summed E-state index contributed by atoms with van der Waals surface area (Å²) in [6.07, 6.45) is -0.890. The number of rotatable bonds is 13. The van der Waals surface area contributed by atoms with Gasteiger partial charge >= 0.3 is 18.9 Å². The summed E-state index contributed by atoms with van der Waals surface area (Å²) in [5.41, 5.74) is 0.277. The van der Waals surface area contributed by atoms with Gasteiger partial charge in [-0.2, -0.15) is 0 Å². The molecule has 2 aromatic rings. The van der Waals surface area contributed by atoms with Gasteiger partial charge in [-0.1, -0.05) is 6.07 Å². The second kappa shape index (κ2) is 14.4. The third-order valence-corrected chi connectivity index (χ3v) is 5.41. The Morgan fingerprint density at radius 2 is 1.47 bits per heavy atom. The Bertz CT molecular complexity index is 846. The summed E-state index contributed by atoms with van der Waals surface area (Å²) >= 11 is 0. The van der Waals surface area contributed by atoms with E-state index in [0.29, 0.717) is 41.8 Å². The first kappa shape index (κ1) is 28.3. The molecule has 0 heterocycles. The zero-order valence-electron chi connectivity index (χ0n) is 20.9. The van der Waals surface area contributed by atoms with Crippen molar-refractivity contribution in [2.24, 2.45) is 0 Å². The summed E-state index contributed by atoms with van der Waals surface area (Å²) in [7, 11) is 2.83. The molecule has 0 aromatic heterocycles. The van der Waals surface area contributed by atoms with E-state index in [1.807, 2.05) is 26.8 Å². The molecule has 0 saturated heterocycles. The van der Waals surface area contributed by atoms with Gasteiger partial charge in [0.15, 0.2) is 18.1 Å². The Labute approximate surface area is 205 Å². The number of benzene rings is 2. The fraction of sp³-hybridized carbons (Fsp3) is 0.435. The first-order chi connectivity index (χ1) is 14.9. The first-order valence-electron chi connectivity index (χ1n) is 10.2. The van der Waals surface area contributed by atoms with Crippen LogP contribution in [0.15, 0.2) is 36.4 Å². The van der Waals surface area contributed by atoms with Crippen molar-refractivity contribution in [2.45, 2.75) is 40.3 Å². The van der Waals surface area contributed by atoms with E-state index in [2.05, 4.69) is 0 Å². The van der Waals surface area contributed by atoms with Gasteiger partial charge in [0.2, 0.25) is 0 Å². The molecule has 0 aliphatic carbocycles. The molecule has 0 spiro atoms. The van der Waals surface area contributed by atoms with E-state index in [1.165, 1.54) is 14.2 Å². The Hall–Kier alpha value is -1.74. The maximum atomic E-state index is 13.2. The standard InChI is InChI=1S/C23H31O7P.Li.H/c1-7-27-15(3)29-17-12-13-21(20(14-17)30-16(4)28-8-2)31-23(24)22-18(25-5)10-9-11-19(22)26-6;;/h9-16,31H,7-8H2,1-6H3;;/q;+1;-1. The molecule has 0 aliphatic heterocycles. The van der Waals surface area contributed by atoms with Gasteiger partial charge in [-0.3, -0.25) is 4.79 Å². The summed E-state index contributed by atoms with van der Waals surface area (Å²) < 4.78 is 33.5. The van der Waals surface area contributed by atoms with Crippen LogP contribution in [0.1, 0.15) is 39.5 Å². The van der Waals surface area contributed by atoms with Gasteiger partial charge in [-0.25, -0.2) is 0 Å². The van der Waals surface area contributed by atoms with Crippen molar-refractivity contribution in [3.8, 4) is 23.0 Å². The molecule has 0 amide bonds. The van der Waals surface area contributed by atoms with Crippen molar-refractivity contribution in [1.29, 1.82) is 0 Å². The third kappa shape index (κ3) is 7.99. The van der Waals surface area contributed by atoms with E-state index >= 15 is 0 Å². The number of ether oxygens (including phenoxy) is 6. The van der Waals surface area contributed by atoms with E-state index in [4.69, 9.17) is 28.4 Å². The third-order valence-electron chi connectivity index (χ3n) is 4.25. The predicted octanol–water partition coefficient (Wildman–Crippen LogP) is 1.49. The number of carbonyl (C=O) groups is 1. The summed E-state index contributed by atoms with van der Waals surface area (Å²) in [4.78, 5) is 13.2. The summed E-state index contributed by atoms with van der Waals surface area (Å²) in [5.74, 6) is 2.03. The van der Waals surface area contributed by atoms with Gasteiger partial charge in [0.1, 0.15) is 28.6 Å². The average Bonchev–Trinajstić information content (AvgIpc) is 2.75. The van der Waals surface area contributed by atoms with Crippen LogP contribution in [0.4, 0.5) is 0 Å². The van der Waals surface area contributed by atoms with Gasteiger partial charge in [0, 0.05) is 24.6 Å². The summed E-state index contributed by atoms with van der Waals surface area (Å²) in [6.45, 7) is 8.47. The quantitative estimate of drug-likeness (QED) is 0.256. The maximum absolute atomic E-state index is 13.2. The molecule has 0 bridgehead atoms. The van der Waals surface area contributed by atoms with Gasteiger partial charge < -0.3 is 29.8 Å². The molecule has 2 rings (SSSR count). The van der Waals surface area contributed by atoms with Gasteiger partial charge in [0.25, 0.3) is 0 Å². The van der Waals surface area contributed by atoms with E-state index < -0.39 is 12.6 Å². The Kier molecular flexibility index (Phi) is 12.7. The van der Waals surface area contributed by atoms with Crippen molar-refractivity contribution in [3.63, 3.8) is 0 Å². The van der Waals surface area contributed by atoms with Crippen LogP contribution < -0.4 is 43.1 Å². The minimum atomic E-state index is -0.482. The van der Waals surface area contributed by atoms with Crippen LogP contribution in [0.25, 0.3) is 0 Å². The molecule has 0 N–H and O–H groups in total. The van der Waals surface area contributed by atoms with Crippen molar-refractivity contribution in [2.75, 3.05) is 27.4 Å². The van der Waals surface area contributed by atoms with E-state index in [9.17, 15) is 4.79 Å². The molecule has 32 heavy (non-hydrogen) atoms. The molecule has 172 valence electrons. The molecule has 0 saturated carbocycles. The largest absolute Gasteiger partial charge is 1.00 e. The fourth-order valence-electron chi connectivity index (χ4n) is 2.94. The van der Waals surface area contributed by atoms with Crippen LogP contribution in [0.3, 0.4) is 0 Å². The minimum absolute atomic E-state index is 0. The van der Waals surface area contributed by atoms with Crippen LogP contribution in [0, 0.1) is 0 Å². The zero-order valence-corrected chi connectivity index (χ0v) is 20.9. The van der Waals surface area contributed by atoms with Crippen molar-refractivity contribution >= 4 is 19.4 Å². The number of carbonyl (C=O) groups excluding carboxylic acids is 1. The molecular formula is C23H32LiO7P. The molecule has 3 unspecified atom stereocenters. The maximum Gasteiger partial charge on any atom is 1.00 e. The molecule has 0 fully saturated rings. The molecule has 0 aliphatic rings. The predicted molar refractivity (Wildman–Crippen MR) is 123 cm³/mol. The summed E-state index contributed by atoms with van der Waals surface area (Å²) in [6, 6.07) is 10.6. The zero-order chi connectivity index (χ0) is 22.8. The van der Waals surface area contributed by atoms with Gasteiger partial charge in [0.05, 0.1) is 14.2 Å². The van der Waals surface area contributed by atoms with Crippen LogP contribution >= 0.6 is 8.58 Å².